The minimum Gasteiger partial charge on any atom is -0.381 e. The normalized spacial score (nSPS) is 19.8. The average Bonchev–Trinajstić information content (AvgIpc) is 2.79. The summed E-state index contributed by atoms with van der Waals surface area (Å²) in [5.41, 5.74) is 2.29. The maximum Gasteiger partial charge on any atom is 0.212 e. The van der Waals surface area contributed by atoms with Crippen LogP contribution in [0.3, 0.4) is 0 Å². The third-order valence-electron chi connectivity index (χ3n) is 3.20. The second-order valence-corrected chi connectivity index (χ2v) is 7.51. The number of nitrogens with zero attached hydrogens (tertiary/aromatic N) is 1. The number of ether oxygens (including phenoxy) is 1. The highest BCUT2D eigenvalue weighted by molar-refractivity contribution is 7.89. The Morgan fingerprint density at radius 1 is 1.50 bits per heavy atom. The smallest absolute Gasteiger partial charge is 0.212 e. The third kappa shape index (κ3) is 4.01. The highest BCUT2D eigenvalue weighted by atomic mass is 32.2. The highest BCUT2D eigenvalue weighted by Gasteiger charge is 2.32. The molecule has 2 heterocycles. The van der Waals surface area contributed by atoms with Crippen LogP contribution >= 0.6 is 11.3 Å². The predicted molar refractivity (Wildman–Crippen MR) is 70.9 cm³/mol. The number of aromatic nitrogens is 1. The van der Waals surface area contributed by atoms with E-state index in [-0.39, 0.29) is 17.7 Å². The summed E-state index contributed by atoms with van der Waals surface area (Å²) in [5, 5.41) is 1.85. The molecule has 1 aliphatic rings. The lowest BCUT2D eigenvalue weighted by Crippen LogP contribution is -2.38. The van der Waals surface area contributed by atoms with Crippen molar-refractivity contribution in [1.82, 2.24) is 9.71 Å². The summed E-state index contributed by atoms with van der Waals surface area (Å²) in [6.45, 7) is 3.59. The lowest BCUT2D eigenvalue weighted by molar-refractivity contribution is 0.0340. The van der Waals surface area contributed by atoms with Gasteiger partial charge in [0.15, 0.2) is 0 Å². The van der Waals surface area contributed by atoms with Gasteiger partial charge < -0.3 is 4.74 Å². The Labute approximate surface area is 112 Å². The quantitative estimate of drug-likeness (QED) is 0.889. The summed E-state index contributed by atoms with van der Waals surface area (Å²) < 4.78 is 31.9. The minimum absolute atomic E-state index is 0.160. The SMILES string of the molecule is CC1(CS(=O)(=O)NCc2cscn2)CCOCC1. The topological polar surface area (TPSA) is 68.3 Å². The zero-order chi connectivity index (χ0) is 13.1. The molecule has 0 atom stereocenters. The van der Waals surface area contributed by atoms with E-state index >= 15 is 0 Å². The van der Waals surface area contributed by atoms with Gasteiger partial charge in [0.05, 0.1) is 23.5 Å². The van der Waals surface area contributed by atoms with E-state index < -0.39 is 10.0 Å². The van der Waals surface area contributed by atoms with Crippen molar-refractivity contribution in [3.05, 3.63) is 16.6 Å². The summed E-state index contributed by atoms with van der Waals surface area (Å²) in [5.74, 6) is 0.160. The molecule has 0 spiro atoms. The second-order valence-electron chi connectivity index (χ2n) is 4.98. The fourth-order valence-electron chi connectivity index (χ4n) is 2.03. The van der Waals surface area contributed by atoms with Crippen molar-refractivity contribution in [2.45, 2.75) is 26.3 Å². The number of nitrogens with one attached hydrogen (secondary N) is 1. The average molecular weight is 290 g/mol. The van der Waals surface area contributed by atoms with Crippen molar-refractivity contribution in [2.75, 3.05) is 19.0 Å². The van der Waals surface area contributed by atoms with Crippen LogP contribution in [0, 0.1) is 5.41 Å². The summed E-state index contributed by atoms with van der Waals surface area (Å²) >= 11 is 1.46. The Morgan fingerprint density at radius 2 is 2.22 bits per heavy atom. The van der Waals surface area contributed by atoms with Crippen LogP contribution in [0.2, 0.25) is 0 Å². The van der Waals surface area contributed by atoms with Gasteiger partial charge in [-0.25, -0.2) is 18.1 Å². The van der Waals surface area contributed by atoms with Gasteiger partial charge in [-0.1, -0.05) is 6.92 Å². The molecule has 0 saturated carbocycles. The molecule has 2 rings (SSSR count). The van der Waals surface area contributed by atoms with Crippen molar-refractivity contribution < 1.29 is 13.2 Å². The van der Waals surface area contributed by atoms with Crippen molar-refractivity contribution in [3.63, 3.8) is 0 Å². The molecule has 5 nitrogen and oxygen atoms in total. The lowest BCUT2D eigenvalue weighted by Gasteiger charge is -2.32. The van der Waals surface area contributed by atoms with Gasteiger partial charge in [0.1, 0.15) is 0 Å². The van der Waals surface area contributed by atoms with Gasteiger partial charge in [0, 0.05) is 18.6 Å². The van der Waals surface area contributed by atoms with Gasteiger partial charge in [-0.15, -0.1) is 11.3 Å². The molecule has 7 heteroatoms. The molecule has 1 aromatic rings. The largest absolute Gasteiger partial charge is 0.381 e. The van der Waals surface area contributed by atoms with Crippen LogP contribution in [-0.2, 0) is 21.3 Å². The number of hydrogen-bond acceptors (Lipinski definition) is 5. The molecule has 0 aliphatic carbocycles. The standard InChI is InChI=1S/C11H18N2O3S2/c1-11(2-4-16-5-3-11)8-18(14,15)13-6-10-7-17-9-12-10/h7,9,13H,2-6,8H2,1H3. The highest BCUT2D eigenvalue weighted by Crippen LogP contribution is 2.31. The molecule has 0 radical (unpaired) electrons. The number of sulfonamides is 1. The van der Waals surface area contributed by atoms with E-state index in [0.717, 1.165) is 18.5 Å². The lowest BCUT2D eigenvalue weighted by atomic mass is 9.85. The molecule has 0 unspecified atom stereocenters. The van der Waals surface area contributed by atoms with Crippen LogP contribution in [-0.4, -0.2) is 32.4 Å². The van der Waals surface area contributed by atoms with E-state index in [2.05, 4.69) is 9.71 Å². The predicted octanol–water partition coefficient (Wildman–Crippen LogP) is 1.38. The van der Waals surface area contributed by atoms with Gasteiger partial charge in [-0.3, -0.25) is 0 Å². The first-order valence-corrected chi connectivity index (χ1v) is 8.51. The van der Waals surface area contributed by atoms with E-state index in [0.29, 0.717) is 13.2 Å². The van der Waals surface area contributed by atoms with E-state index in [4.69, 9.17) is 4.74 Å². The van der Waals surface area contributed by atoms with Crippen molar-refractivity contribution in [1.29, 1.82) is 0 Å². The molecular formula is C11H18N2O3S2. The maximum absolute atomic E-state index is 12.0. The fourth-order valence-corrected chi connectivity index (χ4v) is 4.26. The minimum atomic E-state index is -3.26. The second kappa shape index (κ2) is 5.64. The van der Waals surface area contributed by atoms with Gasteiger partial charge in [-0.2, -0.15) is 0 Å². The zero-order valence-electron chi connectivity index (χ0n) is 10.4. The molecule has 1 saturated heterocycles. The van der Waals surface area contributed by atoms with Gasteiger partial charge >= 0.3 is 0 Å². The Hall–Kier alpha value is -0.500. The van der Waals surface area contributed by atoms with Crippen LogP contribution in [0.4, 0.5) is 0 Å². The van der Waals surface area contributed by atoms with Crippen LogP contribution in [0.1, 0.15) is 25.5 Å². The number of rotatable bonds is 5. The number of thiazole rings is 1. The monoisotopic (exact) mass is 290 g/mol. The first-order valence-electron chi connectivity index (χ1n) is 5.91. The molecule has 1 fully saturated rings. The van der Waals surface area contributed by atoms with Gasteiger partial charge in [-0.05, 0) is 18.3 Å². The van der Waals surface area contributed by atoms with E-state index in [9.17, 15) is 8.42 Å². The molecule has 0 aromatic carbocycles. The molecule has 18 heavy (non-hydrogen) atoms. The molecular weight excluding hydrogens is 272 g/mol. The van der Waals surface area contributed by atoms with E-state index in [1.165, 1.54) is 11.3 Å². The van der Waals surface area contributed by atoms with Crippen molar-refractivity contribution >= 4 is 21.4 Å². The molecule has 1 N–H and O–H groups in total. The Bertz CT molecular complexity index is 464. The van der Waals surface area contributed by atoms with Crippen LogP contribution in [0.15, 0.2) is 10.9 Å². The van der Waals surface area contributed by atoms with Crippen molar-refractivity contribution in [2.24, 2.45) is 5.41 Å². The van der Waals surface area contributed by atoms with Crippen LogP contribution in [0.5, 0.6) is 0 Å². The molecule has 102 valence electrons. The number of hydrogen-bond donors (Lipinski definition) is 1. The first-order chi connectivity index (χ1) is 8.49. The maximum atomic E-state index is 12.0. The molecule has 1 aromatic heterocycles. The Kier molecular flexibility index (Phi) is 4.37. The van der Waals surface area contributed by atoms with E-state index in [1.54, 1.807) is 5.51 Å². The van der Waals surface area contributed by atoms with Crippen LogP contribution < -0.4 is 4.72 Å². The zero-order valence-corrected chi connectivity index (χ0v) is 12.0. The fraction of sp³-hybridized carbons (Fsp3) is 0.727. The van der Waals surface area contributed by atoms with Crippen molar-refractivity contribution in [3.8, 4) is 0 Å². The van der Waals surface area contributed by atoms with Crippen LogP contribution in [0.25, 0.3) is 0 Å². The van der Waals surface area contributed by atoms with Gasteiger partial charge in [0.25, 0.3) is 0 Å². The Balaban J connectivity index is 1.90. The summed E-state index contributed by atoms with van der Waals surface area (Å²) in [4.78, 5) is 4.06. The first kappa shape index (κ1) is 13.9. The molecule has 0 bridgehead atoms. The summed E-state index contributed by atoms with van der Waals surface area (Å²) in [6.07, 6.45) is 1.59. The summed E-state index contributed by atoms with van der Waals surface area (Å²) in [7, 11) is -3.26. The molecule has 1 aliphatic heterocycles. The molecule has 0 amide bonds. The summed E-state index contributed by atoms with van der Waals surface area (Å²) in [6, 6.07) is 0. The Morgan fingerprint density at radius 3 is 2.83 bits per heavy atom. The third-order valence-corrected chi connectivity index (χ3v) is 5.49. The van der Waals surface area contributed by atoms with Gasteiger partial charge in [0.2, 0.25) is 10.0 Å². The van der Waals surface area contributed by atoms with E-state index in [1.807, 2.05) is 12.3 Å².